The topological polar surface area (TPSA) is 54.0 Å². The molecule has 4 nitrogen and oxygen atoms in total. The van der Waals surface area contributed by atoms with E-state index in [9.17, 15) is 4.79 Å². The van der Waals surface area contributed by atoms with Gasteiger partial charge in [-0.3, -0.25) is 0 Å². The molecule has 23 heavy (non-hydrogen) atoms. The van der Waals surface area contributed by atoms with Gasteiger partial charge in [0.2, 0.25) is 0 Å². The van der Waals surface area contributed by atoms with E-state index in [1.54, 1.807) is 11.3 Å². The molecule has 0 saturated heterocycles. The lowest BCUT2D eigenvalue weighted by Crippen LogP contribution is -2.37. The molecule has 2 N–H and O–H groups in total. The summed E-state index contributed by atoms with van der Waals surface area (Å²) in [5, 5.41) is 9.06. The van der Waals surface area contributed by atoms with Gasteiger partial charge in [-0.25, -0.2) is 9.78 Å². The number of allylic oxidation sites excluding steroid dienone is 1. The fourth-order valence-electron chi connectivity index (χ4n) is 2.58. The molecule has 0 bridgehead atoms. The second-order valence-corrected chi connectivity index (χ2v) is 8.11. The van der Waals surface area contributed by atoms with Crippen LogP contribution in [0.25, 0.3) is 0 Å². The lowest BCUT2D eigenvalue weighted by molar-refractivity contribution is 0.241. The van der Waals surface area contributed by atoms with E-state index in [-0.39, 0.29) is 11.4 Å². The smallest absolute Gasteiger partial charge is 0.314 e. The fourth-order valence-corrected chi connectivity index (χ4v) is 3.61. The number of carbonyl (C=O) groups excluding carboxylic acids is 1. The van der Waals surface area contributed by atoms with Crippen LogP contribution in [0.15, 0.2) is 17.0 Å². The van der Waals surface area contributed by atoms with E-state index in [2.05, 4.69) is 47.8 Å². The number of nitrogens with zero attached hydrogens (tertiary/aromatic N) is 1. The highest BCUT2D eigenvalue weighted by molar-refractivity contribution is 7.09. The molecule has 5 heteroatoms. The number of rotatable bonds is 6. The molecule has 0 aliphatic heterocycles. The molecule has 0 atom stereocenters. The van der Waals surface area contributed by atoms with Crippen molar-refractivity contribution >= 4 is 17.4 Å². The first-order chi connectivity index (χ1) is 10.9. The molecule has 0 saturated carbocycles. The lowest BCUT2D eigenvalue weighted by atomic mass is 9.93. The molecule has 1 aliphatic carbocycles. The van der Waals surface area contributed by atoms with Gasteiger partial charge in [0.15, 0.2) is 0 Å². The molecular formula is C18H29N3OS. The largest absolute Gasteiger partial charge is 0.338 e. The number of hydrogen-bond donors (Lipinski definition) is 2. The van der Waals surface area contributed by atoms with Crippen LogP contribution in [0, 0.1) is 0 Å². The van der Waals surface area contributed by atoms with Crippen molar-refractivity contribution < 1.29 is 4.79 Å². The zero-order valence-electron chi connectivity index (χ0n) is 14.6. The zero-order valence-corrected chi connectivity index (χ0v) is 15.4. The number of urea groups is 1. The predicted molar refractivity (Wildman–Crippen MR) is 97.1 cm³/mol. The highest BCUT2D eigenvalue weighted by Gasteiger charge is 2.17. The van der Waals surface area contributed by atoms with Crippen LogP contribution in [-0.2, 0) is 11.8 Å². The van der Waals surface area contributed by atoms with Crippen molar-refractivity contribution in [2.45, 2.75) is 64.7 Å². The number of hydrogen-bond acceptors (Lipinski definition) is 3. The molecule has 2 rings (SSSR count). The third-order valence-corrected chi connectivity index (χ3v) is 4.97. The fraction of sp³-hybridized carbons (Fsp3) is 0.667. The van der Waals surface area contributed by atoms with Crippen molar-refractivity contribution in [3.05, 3.63) is 27.7 Å². The molecule has 0 fully saturated rings. The predicted octanol–water partition coefficient (Wildman–Crippen LogP) is 4.17. The van der Waals surface area contributed by atoms with Crippen LogP contribution in [0.1, 0.15) is 63.6 Å². The van der Waals surface area contributed by atoms with E-state index in [0.29, 0.717) is 6.54 Å². The normalized spacial score (nSPS) is 15.2. The molecule has 0 unspecified atom stereocenters. The van der Waals surface area contributed by atoms with Crippen molar-refractivity contribution in [3.63, 3.8) is 0 Å². The van der Waals surface area contributed by atoms with Gasteiger partial charge in [0.25, 0.3) is 0 Å². The Hall–Kier alpha value is -1.36. The van der Waals surface area contributed by atoms with E-state index in [1.807, 2.05) is 0 Å². The van der Waals surface area contributed by atoms with Crippen molar-refractivity contribution in [3.8, 4) is 0 Å². The minimum absolute atomic E-state index is 0.0750. The molecule has 128 valence electrons. The molecule has 0 aromatic carbocycles. The van der Waals surface area contributed by atoms with Gasteiger partial charge < -0.3 is 10.6 Å². The summed E-state index contributed by atoms with van der Waals surface area (Å²) in [6.45, 7) is 7.85. The first-order valence-corrected chi connectivity index (χ1v) is 9.47. The maximum Gasteiger partial charge on any atom is 0.314 e. The SMILES string of the molecule is CC(C)(C)c1csc(CCNC(=O)NCCC2=CCCCC2)n1. The Kier molecular flexibility index (Phi) is 6.63. The zero-order chi connectivity index (χ0) is 16.7. The first kappa shape index (κ1) is 18.0. The van der Waals surface area contributed by atoms with E-state index < -0.39 is 0 Å². The van der Waals surface area contributed by atoms with Gasteiger partial charge >= 0.3 is 6.03 Å². The van der Waals surface area contributed by atoms with Crippen LogP contribution >= 0.6 is 11.3 Å². The van der Waals surface area contributed by atoms with Crippen molar-refractivity contribution in [1.82, 2.24) is 15.6 Å². The maximum absolute atomic E-state index is 11.8. The van der Waals surface area contributed by atoms with Crippen LogP contribution in [-0.4, -0.2) is 24.1 Å². The molecule has 1 aromatic heterocycles. The monoisotopic (exact) mass is 335 g/mol. The van der Waals surface area contributed by atoms with Gasteiger partial charge in [0, 0.05) is 30.3 Å². The van der Waals surface area contributed by atoms with Crippen LogP contribution in [0.5, 0.6) is 0 Å². The summed E-state index contributed by atoms with van der Waals surface area (Å²) in [7, 11) is 0. The highest BCUT2D eigenvalue weighted by atomic mass is 32.1. The molecule has 2 amide bonds. The summed E-state index contributed by atoms with van der Waals surface area (Å²) < 4.78 is 0. The van der Waals surface area contributed by atoms with E-state index in [4.69, 9.17) is 0 Å². The van der Waals surface area contributed by atoms with E-state index in [1.165, 1.54) is 31.3 Å². The number of thiazole rings is 1. The molecule has 0 spiro atoms. The second-order valence-electron chi connectivity index (χ2n) is 7.17. The summed E-state index contributed by atoms with van der Waals surface area (Å²) in [5.41, 5.74) is 2.71. The summed E-state index contributed by atoms with van der Waals surface area (Å²) in [4.78, 5) is 16.4. The standard InChI is InChI=1S/C18H29N3OS/c1-18(2,3)15-13-23-16(21-15)10-12-20-17(22)19-11-9-14-7-5-4-6-8-14/h7,13H,4-6,8-12H2,1-3H3,(H2,19,20,22). The number of carbonyl (C=O) groups is 1. The Morgan fingerprint density at radius 1 is 1.22 bits per heavy atom. The summed E-state index contributed by atoms with van der Waals surface area (Å²) in [6, 6.07) is -0.0750. The molecule has 1 aliphatic rings. The number of amides is 2. The van der Waals surface area contributed by atoms with E-state index >= 15 is 0 Å². The second kappa shape index (κ2) is 8.48. The third kappa shape index (κ3) is 6.34. The Balaban J connectivity index is 1.61. The van der Waals surface area contributed by atoms with Gasteiger partial charge in [0.1, 0.15) is 0 Å². The Morgan fingerprint density at radius 2 is 1.96 bits per heavy atom. The van der Waals surface area contributed by atoms with Crippen molar-refractivity contribution in [1.29, 1.82) is 0 Å². The van der Waals surface area contributed by atoms with Crippen LogP contribution in [0.4, 0.5) is 4.79 Å². The molecular weight excluding hydrogens is 306 g/mol. The van der Waals surface area contributed by atoms with Gasteiger partial charge in [-0.05, 0) is 32.1 Å². The highest BCUT2D eigenvalue weighted by Crippen LogP contribution is 2.23. The summed E-state index contributed by atoms with van der Waals surface area (Å²) in [6.07, 6.45) is 9.11. The van der Waals surface area contributed by atoms with E-state index in [0.717, 1.165) is 30.1 Å². The van der Waals surface area contributed by atoms with Gasteiger partial charge in [-0.15, -0.1) is 11.3 Å². The van der Waals surface area contributed by atoms with Gasteiger partial charge in [0.05, 0.1) is 10.7 Å². The average molecular weight is 336 g/mol. The molecule has 0 radical (unpaired) electrons. The maximum atomic E-state index is 11.8. The van der Waals surface area contributed by atoms with Gasteiger partial charge in [-0.1, -0.05) is 32.4 Å². The molecule has 1 aromatic rings. The van der Waals surface area contributed by atoms with Gasteiger partial charge in [-0.2, -0.15) is 0 Å². The van der Waals surface area contributed by atoms with Crippen LogP contribution < -0.4 is 10.6 Å². The Bertz CT molecular complexity index is 543. The number of aromatic nitrogens is 1. The first-order valence-electron chi connectivity index (χ1n) is 8.59. The minimum atomic E-state index is -0.0750. The minimum Gasteiger partial charge on any atom is -0.338 e. The quantitative estimate of drug-likeness (QED) is 0.767. The van der Waals surface area contributed by atoms with Crippen LogP contribution in [0.2, 0.25) is 0 Å². The summed E-state index contributed by atoms with van der Waals surface area (Å²) >= 11 is 1.67. The number of nitrogens with one attached hydrogen (secondary N) is 2. The third-order valence-electron chi connectivity index (χ3n) is 4.06. The Morgan fingerprint density at radius 3 is 2.57 bits per heavy atom. The summed E-state index contributed by atoms with van der Waals surface area (Å²) in [5.74, 6) is 0. The van der Waals surface area contributed by atoms with Crippen molar-refractivity contribution in [2.24, 2.45) is 0 Å². The molecule has 1 heterocycles. The average Bonchev–Trinajstić information content (AvgIpc) is 2.97. The van der Waals surface area contributed by atoms with Crippen LogP contribution in [0.3, 0.4) is 0 Å². The van der Waals surface area contributed by atoms with Crippen molar-refractivity contribution in [2.75, 3.05) is 13.1 Å². The Labute approximate surface area is 143 Å². The lowest BCUT2D eigenvalue weighted by Gasteiger charge is -2.14.